The van der Waals surface area contributed by atoms with Crippen molar-refractivity contribution in [2.75, 3.05) is 13.1 Å². The van der Waals surface area contributed by atoms with Crippen LogP contribution < -0.4 is 5.32 Å². The Morgan fingerprint density at radius 2 is 2.25 bits per heavy atom. The molecule has 2 aromatic heterocycles. The summed E-state index contributed by atoms with van der Waals surface area (Å²) >= 11 is 0. The van der Waals surface area contributed by atoms with Gasteiger partial charge in [0.05, 0.1) is 30.6 Å². The van der Waals surface area contributed by atoms with Crippen LogP contribution in [-0.2, 0) is 11.3 Å². The van der Waals surface area contributed by atoms with E-state index in [1.54, 1.807) is 23.4 Å². The molecule has 7 nitrogen and oxygen atoms in total. The average Bonchev–Trinajstić information content (AvgIpc) is 3.13. The van der Waals surface area contributed by atoms with Crippen LogP contribution in [0.5, 0.6) is 0 Å². The molecule has 1 aliphatic rings. The number of hydrogen-bond donors (Lipinski definition) is 1. The zero-order valence-corrected chi connectivity index (χ0v) is 13.6. The monoisotopic (exact) mass is 328 g/mol. The molecule has 3 rings (SSSR count). The minimum absolute atomic E-state index is 0.0566. The van der Waals surface area contributed by atoms with Crippen LogP contribution >= 0.6 is 0 Å². The van der Waals surface area contributed by atoms with Crippen molar-refractivity contribution in [3.8, 4) is 0 Å². The van der Waals surface area contributed by atoms with E-state index in [2.05, 4.69) is 15.3 Å². The van der Waals surface area contributed by atoms with Gasteiger partial charge in [0.15, 0.2) is 0 Å². The molecule has 0 saturated carbocycles. The lowest BCUT2D eigenvalue weighted by Crippen LogP contribution is -2.45. The number of carbonyl (C=O) groups excluding carboxylic acids is 2. The van der Waals surface area contributed by atoms with Crippen molar-refractivity contribution in [2.45, 2.75) is 26.3 Å². The van der Waals surface area contributed by atoms with E-state index in [4.69, 9.17) is 4.42 Å². The summed E-state index contributed by atoms with van der Waals surface area (Å²) in [5.74, 6) is 0.267. The Kier molecular flexibility index (Phi) is 4.88. The van der Waals surface area contributed by atoms with Crippen LogP contribution in [0.4, 0.5) is 0 Å². The lowest BCUT2D eigenvalue weighted by Gasteiger charge is -2.31. The fraction of sp³-hybridized carbons (Fsp3) is 0.412. The number of piperidine rings is 1. The van der Waals surface area contributed by atoms with Crippen LogP contribution in [0.3, 0.4) is 0 Å². The number of rotatable bonds is 4. The fourth-order valence-corrected chi connectivity index (χ4v) is 2.77. The highest BCUT2D eigenvalue weighted by molar-refractivity contribution is 5.92. The zero-order chi connectivity index (χ0) is 16.9. The third-order valence-electron chi connectivity index (χ3n) is 4.10. The molecule has 3 heterocycles. The first-order valence-corrected chi connectivity index (χ1v) is 8.01. The van der Waals surface area contributed by atoms with Crippen molar-refractivity contribution in [3.05, 3.63) is 47.9 Å². The van der Waals surface area contributed by atoms with E-state index in [1.165, 1.54) is 6.20 Å². The fourth-order valence-electron chi connectivity index (χ4n) is 2.77. The highest BCUT2D eigenvalue weighted by Crippen LogP contribution is 2.18. The van der Waals surface area contributed by atoms with E-state index in [-0.39, 0.29) is 17.7 Å². The van der Waals surface area contributed by atoms with E-state index in [9.17, 15) is 9.59 Å². The van der Waals surface area contributed by atoms with E-state index >= 15 is 0 Å². The first kappa shape index (κ1) is 16.2. The first-order valence-electron chi connectivity index (χ1n) is 8.01. The number of aromatic nitrogens is 2. The summed E-state index contributed by atoms with van der Waals surface area (Å²) in [6, 6.07) is 3.60. The van der Waals surface area contributed by atoms with Crippen molar-refractivity contribution in [2.24, 2.45) is 5.92 Å². The van der Waals surface area contributed by atoms with E-state index in [0.717, 1.165) is 18.5 Å². The molecule has 1 saturated heterocycles. The van der Waals surface area contributed by atoms with E-state index < -0.39 is 0 Å². The summed E-state index contributed by atoms with van der Waals surface area (Å²) in [5.41, 5.74) is 1.08. The molecule has 24 heavy (non-hydrogen) atoms. The molecule has 0 bridgehead atoms. The molecule has 1 N–H and O–H groups in total. The summed E-state index contributed by atoms with van der Waals surface area (Å²) in [6.45, 7) is 3.22. The van der Waals surface area contributed by atoms with Gasteiger partial charge in [-0.1, -0.05) is 0 Å². The number of amides is 2. The Bertz CT molecular complexity index is 697. The number of carbonyl (C=O) groups is 2. The summed E-state index contributed by atoms with van der Waals surface area (Å²) in [5, 5.41) is 2.86. The van der Waals surface area contributed by atoms with Crippen LogP contribution in [0.25, 0.3) is 0 Å². The highest BCUT2D eigenvalue weighted by Gasteiger charge is 2.29. The van der Waals surface area contributed by atoms with Gasteiger partial charge >= 0.3 is 0 Å². The van der Waals surface area contributed by atoms with Crippen molar-refractivity contribution in [1.29, 1.82) is 0 Å². The number of hydrogen-bond acceptors (Lipinski definition) is 5. The zero-order valence-electron chi connectivity index (χ0n) is 13.6. The van der Waals surface area contributed by atoms with Gasteiger partial charge in [-0.15, -0.1) is 0 Å². The normalized spacial score (nSPS) is 17.5. The predicted molar refractivity (Wildman–Crippen MR) is 86.0 cm³/mol. The van der Waals surface area contributed by atoms with E-state index in [1.807, 2.05) is 13.0 Å². The molecule has 0 aliphatic carbocycles. The Morgan fingerprint density at radius 3 is 2.96 bits per heavy atom. The highest BCUT2D eigenvalue weighted by atomic mass is 16.3. The minimum Gasteiger partial charge on any atom is -0.467 e. The topological polar surface area (TPSA) is 88.3 Å². The quantitative estimate of drug-likeness (QED) is 0.920. The first-order chi connectivity index (χ1) is 11.6. The molecule has 0 aromatic carbocycles. The molecule has 126 valence electrons. The lowest BCUT2D eigenvalue weighted by molar-refractivity contribution is -0.126. The van der Waals surface area contributed by atoms with Crippen molar-refractivity contribution in [1.82, 2.24) is 20.2 Å². The third kappa shape index (κ3) is 3.79. The number of aryl methyl sites for hydroxylation is 1. The Labute approximate surface area is 140 Å². The van der Waals surface area contributed by atoms with Crippen molar-refractivity contribution >= 4 is 11.8 Å². The second-order valence-corrected chi connectivity index (χ2v) is 5.93. The van der Waals surface area contributed by atoms with Crippen LogP contribution in [0, 0.1) is 12.8 Å². The van der Waals surface area contributed by atoms with Crippen LogP contribution in [-0.4, -0.2) is 39.8 Å². The van der Waals surface area contributed by atoms with Gasteiger partial charge in [-0.05, 0) is 31.9 Å². The number of furan rings is 1. The summed E-state index contributed by atoms with van der Waals surface area (Å²) in [4.78, 5) is 34.7. The maximum absolute atomic E-state index is 12.5. The number of nitrogens with zero attached hydrogens (tertiary/aromatic N) is 3. The smallest absolute Gasteiger partial charge is 0.274 e. The van der Waals surface area contributed by atoms with Gasteiger partial charge in [0.25, 0.3) is 5.91 Å². The molecule has 1 fully saturated rings. The van der Waals surface area contributed by atoms with Crippen LogP contribution in [0.1, 0.15) is 34.8 Å². The molecule has 2 aromatic rings. The molecular formula is C17H20N4O3. The Hall–Kier alpha value is -2.70. The molecule has 1 aliphatic heterocycles. The predicted octanol–water partition coefficient (Wildman–Crippen LogP) is 1.55. The number of likely N-dealkylation sites (tertiary alicyclic amines) is 1. The van der Waals surface area contributed by atoms with Crippen molar-refractivity contribution in [3.63, 3.8) is 0 Å². The van der Waals surface area contributed by atoms with Gasteiger partial charge in [-0.25, -0.2) is 4.98 Å². The third-order valence-corrected chi connectivity index (χ3v) is 4.10. The van der Waals surface area contributed by atoms with Gasteiger partial charge in [0.2, 0.25) is 5.91 Å². The molecule has 0 radical (unpaired) electrons. The van der Waals surface area contributed by atoms with Crippen LogP contribution in [0.2, 0.25) is 0 Å². The van der Waals surface area contributed by atoms with E-state index in [0.29, 0.717) is 31.1 Å². The minimum atomic E-state index is -0.212. The van der Waals surface area contributed by atoms with Crippen LogP contribution in [0.15, 0.2) is 35.2 Å². The Balaban J connectivity index is 1.58. The van der Waals surface area contributed by atoms with Crippen molar-refractivity contribution < 1.29 is 14.0 Å². The van der Waals surface area contributed by atoms with Gasteiger partial charge in [0.1, 0.15) is 11.5 Å². The second kappa shape index (κ2) is 7.25. The van der Waals surface area contributed by atoms with Gasteiger partial charge in [-0.3, -0.25) is 14.6 Å². The Morgan fingerprint density at radius 1 is 1.38 bits per heavy atom. The molecule has 2 amide bonds. The largest absolute Gasteiger partial charge is 0.467 e. The van der Waals surface area contributed by atoms with Gasteiger partial charge in [0, 0.05) is 19.3 Å². The standard InChI is InChI=1S/C17H20N4O3/c1-12-8-19-15(10-18-12)17(23)21-6-2-4-13(11-21)16(22)20-9-14-5-3-7-24-14/h3,5,7-8,10,13H,2,4,6,9,11H2,1H3,(H,20,22)/t13-/m1/s1. The average molecular weight is 328 g/mol. The van der Waals surface area contributed by atoms with Gasteiger partial charge in [-0.2, -0.15) is 0 Å². The lowest BCUT2D eigenvalue weighted by atomic mass is 9.97. The molecule has 0 spiro atoms. The molecular weight excluding hydrogens is 308 g/mol. The van der Waals surface area contributed by atoms with Gasteiger partial charge < -0.3 is 14.6 Å². The molecule has 7 heteroatoms. The summed E-state index contributed by atoms with van der Waals surface area (Å²) in [7, 11) is 0. The summed E-state index contributed by atoms with van der Waals surface area (Å²) < 4.78 is 5.20. The maximum atomic E-state index is 12.5. The SMILES string of the molecule is Cc1cnc(C(=O)N2CCC[C@@H](C(=O)NCc3ccco3)C2)cn1. The maximum Gasteiger partial charge on any atom is 0.274 e. The summed E-state index contributed by atoms with van der Waals surface area (Å²) in [6.07, 6.45) is 6.20. The second-order valence-electron chi connectivity index (χ2n) is 5.93. The molecule has 0 unspecified atom stereocenters. The number of nitrogens with one attached hydrogen (secondary N) is 1. The molecule has 1 atom stereocenters.